The van der Waals surface area contributed by atoms with Crippen LogP contribution in [0, 0.1) is 11.3 Å². The number of nitrogens with one attached hydrogen (secondary N) is 1. The lowest BCUT2D eigenvalue weighted by atomic mass is 10.1. The van der Waals surface area contributed by atoms with Crippen LogP contribution in [-0.4, -0.2) is 27.0 Å². The van der Waals surface area contributed by atoms with E-state index in [-0.39, 0.29) is 6.79 Å². The predicted molar refractivity (Wildman–Crippen MR) is 74.1 cm³/mol. The molecule has 21 heavy (non-hydrogen) atoms. The minimum Gasteiger partial charge on any atom is -0.493 e. The Morgan fingerprint density at radius 3 is 3.14 bits per heavy atom. The maximum absolute atomic E-state index is 9.29. The van der Waals surface area contributed by atoms with Crippen LogP contribution in [0.2, 0.25) is 0 Å². The lowest BCUT2D eigenvalue weighted by molar-refractivity contribution is 0.171. The summed E-state index contributed by atoms with van der Waals surface area (Å²) in [6, 6.07) is 5.20. The summed E-state index contributed by atoms with van der Waals surface area (Å²) in [5.74, 6) is 1.66. The van der Waals surface area contributed by atoms with Gasteiger partial charge < -0.3 is 14.2 Å². The molecule has 2 rings (SSSR count). The molecule has 0 fully saturated rings. The van der Waals surface area contributed by atoms with Gasteiger partial charge in [0, 0.05) is 11.5 Å². The van der Waals surface area contributed by atoms with E-state index in [4.69, 9.17) is 19.7 Å². The number of nitriles is 1. The highest BCUT2D eigenvalue weighted by Crippen LogP contribution is 2.42. The van der Waals surface area contributed by atoms with Crippen molar-refractivity contribution in [3.8, 4) is 23.3 Å². The van der Waals surface area contributed by atoms with E-state index in [0.29, 0.717) is 36.8 Å². The average molecular weight is 289 g/mol. The SMILES string of the molecule is COc1cc(C(C#N)NCCCN=[N+]=[N-])cc2c1OCO2. The molecule has 1 aliphatic rings. The molecular weight excluding hydrogens is 274 g/mol. The first kappa shape index (κ1) is 14.8. The van der Waals surface area contributed by atoms with E-state index in [1.165, 1.54) is 7.11 Å². The number of benzene rings is 1. The van der Waals surface area contributed by atoms with Crippen molar-refractivity contribution in [1.82, 2.24) is 5.32 Å². The quantitative estimate of drug-likeness (QED) is 0.358. The Balaban J connectivity index is 2.08. The highest BCUT2D eigenvalue weighted by Gasteiger charge is 2.22. The second-order valence-electron chi connectivity index (χ2n) is 4.28. The van der Waals surface area contributed by atoms with Crippen LogP contribution in [0.4, 0.5) is 0 Å². The number of nitrogens with zero attached hydrogens (tertiary/aromatic N) is 4. The van der Waals surface area contributed by atoms with E-state index in [9.17, 15) is 5.26 Å². The summed E-state index contributed by atoms with van der Waals surface area (Å²) in [5, 5.41) is 15.8. The molecule has 1 aliphatic heterocycles. The number of hydrogen-bond donors (Lipinski definition) is 1. The van der Waals surface area contributed by atoms with Gasteiger partial charge in [0.15, 0.2) is 11.5 Å². The molecule has 110 valence electrons. The van der Waals surface area contributed by atoms with Crippen molar-refractivity contribution in [2.24, 2.45) is 5.11 Å². The molecule has 0 aromatic heterocycles. The van der Waals surface area contributed by atoms with E-state index in [0.717, 1.165) is 5.56 Å². The Hall–Kier alpha value is -2.62. The van der Waals surface area contributed by atoms with Crippen LogP contribution >= 0.6 is 0 Å². The summed E-state index contributed by atoms with van der Waals surface area (Å²) in [6.45, 7) is 1.10. The van der Waals surface area contributed by atoms with Crippen LogP contribution in [0.5, 0.6) is 17.2 Å². The molecule has 0 saturated carbocycles. The maximum atomic E-state index is 9.29. The van der Waals surface area contributed by atoms with Crippen molar-refractivity contribution in [2.45, 2.75) is 12.5 Å². The van der Waals surface area contributed by atoms with Gasteiger partial charge in [-0.3, -0.25) is 5.32 Å². The Morgan fingerprint density at radius 2 is 2.43 bits per heavy atom. The molecule has 0 spiro atoms. The van der Waals surface area contributed by atoms with Crippen LogP contribution in [0.15, 0.2) is 17.2 Å². The van der Waals surface area contributed by atoms with Crippen molar-refractivity contribution in [2.75, 3.05) is 27.0 Å². The van der Waals surface area contributed by atoms with Crippen LogP contribution in [0.25, 0.3) is 10.4 Å². The Kier molecular flexibility index (Phi) is 5.10. The van der Waals surface area contributed by atoms with Gasteiger partial charge in [-0.1, -0.05) is 5.11 Å². The standard InChI is InChI=1S/C13H15N5O3/c1-19-11-5-9(6-12-13(11)21-8-20-12)10(7-14)16-3-2-4-17-18-15/h5-6,10,16H,2-4,8H2,1H3. The Labute approximate surface area is 121 Å². The molecule has 8 nitrogen and oxygen atoms in total. The van der Waals surface area contributed by atoms with Gasteiger partial charge >= 0.3 is 0 Å². The van der Waals surface area contributed by atoms with E-state index in [2.05, 4.69) is 21.4 Å². The predicted octanol–water partition coefficient (Wildman–Crippen LogP) is 2.28. The van der Waals surface area contributed by atoms with Gasteiger partial charge in [0.25, 0.3) is 0 Å². The van der Waals surface area contributed by atoms with E-state index < -0.39 is 6.04 Å². The number of rotatable bonds is 7. The first-order chi connectivity index (χ1) is 10.3. The van der Waals surface area contributed by atoms with Gasteiger partial charge in [0.05, 0.1) is 13.2 Å². The first-order valence-electron chi connectivity index (χ1n) is 6.41. The summed E-state index contributed by atoms with van der Waals surface area (Å²) in [4.78, 5) is 2.68. The fraction of sp³-hybridized carbons (Fsp3) is 0.462. The molecular formula is C13H15N5O3. The second kappa shape index (κ2) is 7.24. The van der Waals surface area contributed by atoms with Crippen molar-refractivity contribution < 1.29 is 14.2 Å². The minimum absolute atomic E-state index is 0.145. The molecule has 1 aromatic carbocycles. The van der Waals surface area contributed by atoms with Crippen LogP contribution in [0.3, 0.4) is 0 Å². The van der Waals surface area contributed by atoms with Crippen LogP contribution in [0.1, 0.15) is 18.0 Å². The fourth-order valence-corrected chi connectivity index (χ4v) is 2.00. The van der Waals surface area contributed by atoms with Gasteiger partial charge in [-0.25, -0.2) is 0 Å². The Bertz CT molecular complexity index is 592. The molecule has 1 aromatic rings. The maximum Gasteiger partial charge on any atom is 0.231 e. The molecule has 1 heterocycles. The van der Waals surface area contributed by atoms with Gasteiger partial charge in [-0.05, 0) is 36.2 Å². The molecule has 8 heteroatoms. The lowest BCUT2D eigenvalue weighted by Crippen LogP contribution is -2.21. The van der Waals surface area contributed by atoms with E-state index in [1.54, 1.807) is 12.1 Å². The molecule has 0 amide bonds. The Morgan fingerprint density at radius 1 is 1.57 bits per heavy atom. The number of hydrogen-bond acceptors (Lipinski definition) is 6. The van der Waals surface area contributed by atoms with Gasteiger partial charge in [0.2, 0.25) is 12.5 Å². The second-order valence-corrected chi connectivity index (χ2v) is 4.28. The van der Waals surface area contributed by atoms with Crippen molar-refractivity contribution >= 4 is 0 Å². The summed E-state index contributed by atoms with van der Waals surface area (Å²) in [6.07, 6.45) is 0.657. The summed E-state index contributed by atoms with van der Waals surface area (Å²) in [7, 11) is 1.54. The first-order valence-corrected chi connectivity index (χ1v) is 6.41. The zero-order valence-electron chi connectivity index (χ0n) is 11.6. The molecule has 0 bridgehead atoms. The summed E-state index contributed by atoms with van der Waals surface area (Å²) < 4.78 is 15.9. The number of azide groups is 1. The van der Waals surface area contributed by atoms with Gasteiger partial charge in [-0.2, -0.15) is 5.26 Å². The third-order valence-corrected chi connectivity index (χ3v) is 2.99. The van der Waals surface area contributed by atoms with Crippen LogP contribution < -0.4 is 19.5 Å². The highest BCUT2D eigenvalue weighted by atomic mass is 16.7. The lowest BCUT2D eigenvalue weighted by Gasteiger charge is -2.14. The number of ether oxygens (including phenoxy) is 3. The minimum atomic E-state index is -0.500. The van der Waals surface area contributed by atoms with Crippen LogP contribution in [-0.2, 0) is 0 Å². The fourth-order valence-electron chi connectivity index (χ4n) is 2.00. The third kappa shape index (κ3) is 3.48. The van der Waals surface area contributed by atoms with E-state index in [1.807, 2.05) is 0 Å². The van der Waals surface area contributed by atoms with Gasteiger partial charge in [-0.15, -0.1) is 0 Å². The zero-order valence-corrected chi connectivity index (χ0v) is 11.6. The van der Waals surface area contributed by atoms with Crippen molar-refractivity contribution in [3.63, 3.8) is 0 Å². The van der Waals surface area contributed by atoms with E-state index >= 15 is 0 Å². The molecule has 1 N–H and O–H groups in total. The topological polar surface area (TPSA) is 112 Å². The number of fused-ring (bicyclic) bond motifs is 1. The normalized spacial score (nSPS) is 13.1. The molecule has 0 saturated heterocycles. The molecule has 0 radical (unpaired) electrons. The van der Waals surface area contributed by atoms with Crippen molar-refractivity contribution in [1.29, 1.82) is 5.26 Å². The smallest absolute Gasteiger partial charge is 0.231 e. The monoisotopic (exact) mass is 289 g/mol. The summed E-state index contributed by atoms with van der Waals surface area (Å²) in [5.41, 5.74) is 8.93. The zero-order chi connectivity index (χ0) is 15.1. The molecule has 1 atom stereocenters. The third-order valence-electron chi connectivity index (χ3n) is 2.99. The molecule has 1 unspecified atom stereocenters. The summed E-state index contributed by atoms with van der Waals surface area (Å²) >= 11 is 0. The molecule has 0 aliphatic carbocycles. The largest absolute Gasteiger partial charge is 0.493 e. The van der Waals surface area contributed by atoms with Gasteiger partial charge in [0.1, 0.15) is 6.04 Å². The van der Waals surface area contributed by atoms with Crippen molar-refractivity contribution in [3.05, 3.63) is 28.1 Å². The average Bonchev–Trinajstić information content (AvgIpc) is 2.98. The highest BCUT2D eigenvalue weighted by molar-refractivity contribution is 5.56. The number of methoxy groups -OCH3 is 1.